The fourth-order valence-electron chi connectivity index (χ4n) is 3.63. The average Bonchev–Trinajstić information content (AvgIpc) is 2.95. The van der Waals surface area contributed by atoms with Crippen LogP contribution < -0.4 is 24.4 Å². The summed E-state index contributed by atoms with van der Waals surface area (Å²) in [5, 5.41) is 4.08. The molecule has 200 valence electrons. The number of hydrogen-bond donors (Lipinski definition) is 1. The lowest BCUT2D eigenvalue weighted by molar-refractivity contribution is 0.0954. The van der Waals surface area contributed by atoms with E-state index in [0.717, 1.165) is 9.13 Å². The second kappa shape index (κ2) is 13.6. The van der Waals surface area contributed by atoms with Gasteiger partial charge in [0, 0.05) is 5.56 Å². The first-order valence-electron chi connectivity index (χ1n) is 11.9. The third-order valence-corrected chi connectivity index (χ3v) is 6.37. The summed E-state index contributed by atoms with van der Waals surface area (Å²) < 4.78 is 36.9. The van der Waals surface area contributed by atoms with Crippen LogP contribution in [-0.2, 0) is 13.2 Å². The molecule has 1 N–H and O–H groups in total. The number of hydrazone groups is 1. The van der Waals surface area contributed by atoms with Crippen LogP contribution in [0.15, 0.2) is 90.0 Å². The third-order valence-electron chi connectivity index (χ3n) is 5.57. The first kappa shape index (κ1) is 27.9. The van der Waals surface area contributed by atoms with Crippen molar-refractivity contribution in [2.45, 2.75) is 13.2 Å². The molecule has 0 radical (unpaired) electrons. The molecule has 4 aromatic carbocycles. The molecule has 0 saturated carbocycles. The lowest BCUT2D eigenvalue weighted by Crippen LogP contribution is -2.17. The number of ether oxygens (including phenoxy) is 4. The molecule has 1 amide bonds. The third kappa shape index (κ3) is 7.70. The summed E-state index contributed by atoms with van der Waals surface area (Å²) in [6.07, 6.45) is 1.51. The molecule has 0 bridgehead atoms. The maximum absolute atomic E-state index is 13.5. The zero-order valence-corrected chi connectivity index (χ0v) is 23.5. The van der Waals surface area contributed by atoms with Gasteiger partial charge in [-0.15, -0.1) is 0 Å². The molecular weight excluding hydrogens is 614 g/mol. The van der Waals surface area contributed by atoms with Gasteiger partial charge in [0.1, 0.15) is 19.0 Å². The molecule has 0 aromatic heterocycles. The van der Waals surface area contributed by atoms with Crippen molar-refractivity contribution < 1.29 is 28.1 Å². The molecule has 4 rings (SSSR count). The summed E-state index contributed by atoms with van der Waals surface area (Å²) in [6, 6.07) is 24.5. The summed E-state index contributed by atoms with van der Waals surface area (Å²) in [5.74, 6) is 1.26. The lowest BCUT2D eigenvalue weighted by Gasteiger charge is -2.13. The predicted molar refractivity (Wildman–Crippen MR) is 155 cm³/mol. The number of halogens is 2. The summed E-state index contributed by atoms with van der Waals surface area (Å²) >= 11 is 2.13. The fourth-order valence-corrected chi connectivity index (χ4v) is 4.41. The molecule has 4 aromatic rings. The maximum atomic E-state index is 13.5. The van der Waals surface area contributed by atoms with Gasteiger partial charge in [0.2, 0.25) is 0 Å². The van der Waals surface area contributed by atoms with E-state index in [1.165, 1.54) is 32.6 Å². The molecule has 0 fully saturated rings. The molecule has 0 saturated heterocycles. The van der Waals surface area contributed by atoms with E-state index in [-0.39, 0.29) is 12.4 Å². The Morgan fingerprint density at radius 2 is 1.59 bits per heavy atom. The van der Waals surface area contributed by atoms with Crippen LogP contribution in [0.1, 0.15) is 27.0 Å². The van der Waals surface area contributed by atoms with Crippen molar-refractivity contribution >= 4 is 34.7 Å². The van der Waals surface area contributed by atoms with Crippen molar-refractivity contribution in [2.75, 3.05) is 14.2 Å². The van der Waals surface area contributed by atoms with Crippen LogP contribution in [-0.4, -0.2) is 26.3 Å². The smallest absolute Gasteiger partial charge is 0.271 e. The normalized spacial score (nSPS) is 10.8. The first-order chi connectivity index (χ1) is 19.0. The predicted octanol–water partition coefficient (Wildman–Crippen LogP) is 6.37. The molecule has 0 aliphatic heterocycles. The molecule has 7 nitrogen and oxygen atoms in total. The van der Waals surface area contributed by atoms with Gasteiger partial charge in [0.15, 0.2) is 23.0 Å². The molecule has 9 heteroatoms. The van der Waals surface area contributed by atoms with Gasteiger partial charge in [0.05, 0.1) is 24.0 Å². The number of carbonyl (C=O) groups excluding carboxylic acids is 1. The van der Waals surface area contributed by atoms with Crippen LogP contribution >= 0.6 is 22.6 Å². The van der Waals surface area contributed by atoms with Crippen molar-refractivity contribution in [3.8, 4) is 23.0 Å². The number of amides is 1. The second-order valence-corrected chi connectivity index (χ2v) is 9.45. The van der Waals surface area contributed by atoms with Gasteiger partial charge in [-0.25, -0.2) is 9.82 Å². The van der Waals surface area contributed by atoms with E-state index in [9.17, 15) is 9.18 Å². The molecule has 0 spiro atoms. The fraction of sp³-hybridized carbons (Fsp3) is 0.133. The summed E-state index contributed by atoms with van der Waals surface area (Å²) in [4.78, 5) is 12.7. The number of methoxy groups -OCH3 is 2. The van der Waals surface area contributed by atoms with Crippen LogP contribution in [0, 0.1) is 9.39 Å². The van der Waals surface area contributed by atoms with Crippen molar-refractivity contribution in [1.29, 1.82) is 0 Å². The van der Waals surface area contributed by atoms with Crippen molar-refractivity contribution in [3.63, 3.8) is 0 Å². The Morgan fingerprint density at radius 1 is 0.846 bits per heavy atom. The summed E-state index contributed by atoms with van der Waals surface area (Å²) in [5.41, 5.74) is 5.30. The van der Waals surface area contributed by atoms with Crippen LogP contribution in [0.25, 0.3) is 0 Å². The minimum Gasteiger partial charge on any atom is -0.493 e. The first-order valence-corrected chi connectivity index (χ1v) is 13.0. The van der Waals surface area contributed by atoms with Gasteiger partial charge in [-0.1, -0.05) is 42.5 Å². The minimum atomic E-state index is -0.407. The zero-order chi connectivity index (χ0) is 27.6. The van der Waals surface area contributed by atoms with E-state index in [1.807, 2.05) is 36.4 Å². The summed E-state index contributed by atoms with van der Waals surface area (Å²) in [7, 11) is 3.05. The van der Waals surface area contributed by atoms with Crippen LogP contribution in [0.2, 0.25) is 0 Å². The Hall–Kier alpha value is -4.12. The molecule has 0 heterocycles. The van der Waals surface area contributed by atoms with E-state index >= 15 is 0 Å². The van der Waals surface area contributed by atoms with Gasteiger partial charge in [0.25, 0.3) is 5.91 Å². The average molecular weight is 640 g/mol. The Bertz CT molecular complexity index is 1460. The van der Waals surface area contributed by atoms with Crippen LogP contribution in [0.3, 0.4) is 0 Å². The van der Waals surface area contributed by atoms with E-state index in [0.29, 0.717) is 46.3 Å². The van der Waals surface area contributed by atoms with E-state index in [1.54, 1.807) is 36.4 Å². The van der Waals surface area contributed by atoms with Gasteiger partial charge in [-0.2, -0.15) is 5.10 Å². The number of carbonyl (C=O) groups is 1. The van der Waals surface area contributed by atoms with E-state index in [4.69, 9.17) is 18.9 Å². The number of rotatable bonds is 11. The highest BCUT2D eigenvalue weighted by atomic mass is 127. The van der Waals surface area contributed by atoms with Crippen molar-refractivity contribution in [1.82, 2.24) is 5.43 Å². The van der Waals surface area contributed by atoms with Gasteiger partial charge >= 0.3 is 0 Å². The van der Waals surface area contributed by atoms with Crippen molar-refractivity contribution in [2.24, 2.45) is 5.10 Å². The number of hydrogen-bond acceptors (Lipinski definition) is 6. The largest absolute Gasteiger partial charge is 0.493 e. The van der Waals surface area contributed by atoms with Gasteiger partial charge < -0.3 is 18.9 Å². The highest BCUT2D eigenvalue weighted by Gasteiger charge is 2.13. The van der Waals surface area contributed by atoms with Crippen LogP contribution in [0.4, 0.5) is 4.39 Å². The highest BCUT2D eigenvalue weighted by Crippen LogP contribution is 2.34. The summed E-state index contributed by atoms with van der Waals surface area (Å²) in [6.45, 7) is 0.567. The Morgan fingerprint density at radius 3 is 2.33 bits per heavy atom. The Balaban J connectivity index is 1.39. The number of nitrogens with zero attached hydrogens (tertiary/aromatic N) is 1. The Kier molecular flexibility index (Phi) is 9.74. The standard InChI is InChI=1S/C30H26FIN2O5/c1-36-27-16-23(11-12-26(27)38-18-20-7-4-3-5-8-20)30(35)34-33-17-22-14-25(32)29(28(15-22)37-2)39-19-21-9-6-10-24(31)13-21/h3-17H,18-19H2,1-2H3,(H,34,35)/b33-17+. The Labute approximate surface area is 239 Å². The molecule has 0 unspecified atom stereocenters. The van der Waals surface area contributed by atoms with Gasteiger partial charge in [-0.3, -0.25) is 4.79 Å². The number of nitrogens with one attached hydrogen (secondary N) is 1. The highest BCUT2D eigenvalue weighted by molar-refractivity contribution is 14.1. The molecule has 0 aliphatic rings. The minimum absolute atomic E-state index is 0.188. The van der Waals surface area contributed by atoms with Crippen LogP contribution in [0.5, 0.6) is 23.0 Å². The lowest BCUT2D eigenvalue weighted by atomic mass is 10.2. The maximum Gasteiger partial charge on any atom is 0.271 e. The quantitative estimate of drug-likeness (QED) is 0.117. The molecule has 0 atom stereocenters. The molecular formula is C30H26FIN2O5. The SMILES string of the molecule is COc1cc(C(=O)N/N=C/c2cc(I)c(OCc3cccc(F)c3)c(OC)c2)ccc1OCc1ccccc1. The van der Waals surface area contributed by atoms with Gasteiger partial charge in [-0.05, 0) is 81.7 Å². The topological polar surface area (TPSA) is 78.4 Å². The molecule has 39 heavy (non-hydrogen) atoms. The van der Waals surface area contributed by atoms with E-state index < -0.39 is 5.91 Å². The second-order valence-electron chi connectivity index (χ2n) is 8.29. The number of benzene rings is 4. The monoisotopic (exact) mass is 640 g/mol. The molecule has 0 aliphatic carbocycles. The zero-order valence-electron chi connectivity index (χ0n) is 21.3. The van der Waals surface area contributed by atoms with E-state index in [2.05, 4.69) is 33.1 Å². The van der Waals surface area contributed by atoms with Crippen molar-refractivity contribution in [3.05, 3.63) is 117 Å².